The van der Waals surface area contributed by atoms with E-state index in [2.05, 4.69) is 6.92 Å². The monoisotopic (exact) mass is 220 g/mol. The highest BCUT2D eigenvalue weighted by Gasteiger charge is 2.51. The van der Waals surface area contributed by atoms with Crippen molar-refractivity contribution in [2.45, 2.75) is 38.2 Å². The third kappa shape index (κ3) is 2.76. The molecular formula is C14H20O2. The molecule has 2 nitrogen and oxygen atoms in total. The lowest BCUT2D eigenvalue weighted by Gasteiger charge is -2.11. The molecule has 1 aliphatic rings. The SMILES string of the molecule is CCCC1CC1(O)CCOc1ccccc1. The first kappa shape index (κ1) is 11.5. The van der Waals surface area contributed by atoms with Crippen molar-refractivity contribution in [2.24, 2.45) is 5.92 Å². The van der Waals surface area contributed by atoms with E-state index in [9.17, 15) is 5.11 Å². The zero-order valence-corrected chi connectivity index (χ0v) is 9.86. The standard InChI is InChI=1S/C14H20O2/c1-2-6-12-11-14(12,15)9-10-16-13-7-4-3-5-8-13/h3-5,7-8,12,15H,2,6,9-11H2,1H3. The first-order valence-corrected chi connectivity index (χ1v) is 6.15. The van der Waals surface area contributed by atoms with Gasteiger partial charge in [0.05, 0.1) is 12.2 Å². The molecule has 0 spiro atoms. The normalized spacial score (nSPS) is 27.8. The molecule has 1 saturated carbocycles. The van der Waals surface area contributed by atoms with Crippen LogP contribution >= 0.6 is 0 Å². The van der Waals surface area contributed by atoms with Crippen LogP contribution in [0.4, 0.5) is 0 Å². The van der Waals surface area contributed by atoms with Crippen LogP contribution in [0.2, 0.25) is 0 Å². The van der Waals surface area contributed by atoms with Crippen molar-refractivity contribution in [1.82, 2.24) is 0 Å². The summed E-state index contributed by atoms with van der Waals surface area (Å²) in [5.41, 5.74) is -0.426. The Morgan fingerprint density at radius 1 is 1.38 bits per heavy atom. The van der Waals surface area contributed by atoms with Crippen LogP contribution in [-0.4, -0.2) is 17.3 Å². The molecule has 2 unspecified atom stereocenters. The first-order valence-electron chi connectivity index (χ1n) is 6.15. The second kappa shape index (κ2) is 4.88. The molecule has 0 heterocycles. The minimum Gasteiger partial charge on any atom is -0.493 e. The van der Waals surface area contributed by atoms with Gasteiger partial charge in [-0.2, -0.15) is 0 Å². The number of benzene rings is 1. The first-order chi connectivity index (χ1) is 7.74. The van der Waals surface area contributed by atoms with Gasteiger partial charge in [0.2, 0.25) is 0 Å². The number of aliphatic hydroxyl groups is 1. The maximum Gasteiger partial charge on any atom is 0.119 e. The zero-order chi connectivity index (χ0) is 11.4. The average molecular weight is 220 g/mol. The molecule has 1 aliphatic carbocycles. The van der Waals surface area contributed by atoms with Crippen LogP contribution in [0.15, 0.2) is 30.3 Å². The summed E-state index contributed by atoms with van der Waals surface area (Å²) >= 11 is 0. The highest BCUT2D eigenvalue weighted by molar-refractivity contribution is 5.20. The van der Waals surface area contributed by atoms with Gasteiger partial charge in [-0.05, 0) is 30.9 Å². The van der Waals surface area contributed by atoms with E-state index >= 15 is 0 Å². The van der Waals surface area contributed by atoms with Crippen LogP contribution in [0.1, 0.15) is 32.6 Å². The van der Waals surface area contributed by atoms with Crippen molar-refractivity contribution in [2.75, 3.05) is 6.61 Å². The van der Waals surface area contributed by atoms with E-state index in [4.69, 9.17) is 4.74 Å². The topological polar surface area (TPSA) is 29.5 Å². The molecule has 0 bridgehead atoms. The van der Waals surface area contributed by atoms with E-state index in [0.717, 1.165) is 31.4 Å². The van der Waals surface area contributed by atoms with Gasteiger partial charge >= 0.3 is 0 Å². The Hall–Kier alpha value is -1.02. The Morgan fingerprint density at radius 2 is 2.12 bits per heavy atom. The number of para-hydroxylation sites is 1. The fourth-order valence-electron chi connectivity index (χ4n) is 2.26. The van der Waals surface area contributed by atoms with Gasteiger partial charge in [-0.25, -0.2) is 0 Å². The van der Waals surface area contributed by atoms with E-state index in [0.29, 0.717) is 12.5 Å². The van der Waals surface area contributed by atoms with E-state index in [1.165, 1.54) is 0 Å². The minimum atomic E-state index is -0.426. The number of rotatable bonds is 6. The summed E-state index contributed by atoms with van der Waals surface area (Å²) in [6, 6.07) is 9.78. The molecule has 0 saturated heterocycles. The third-order valence-electron chi connectivity index (χ3n) is 3.38. The molecule has 1 aromatic carbocycles. The maximum absolute atomic E-state index is 10.1. The maximum atomic E-state index is 10.1. The van der Waals surface area contributed by atoms with Gasteiger partial charge in [0, 0.05) is 6.42 Å². The fourth-order valence-corrected chi connectivity index (χ4v) is 2.26. The molecule has 88 valence electrons. The van der Waals surface area contributed by atoms with Gasteiger partial charge in [-0.1, -0.05) is 31.5 Å². The summed E-state index contributed by atoms with van der Waals surface area (Å²) in [6.45, 7) is 2.78. The molecule has 2 atom stereocenters. The molecule has 0 radical (unpaired) electrons. The molecule has 2 heteroatoms. The van der Waals surface area contributed by atoms with Crippen LogP contribution in [-0.2, 0) is 0 Å². The molecule has 1 fully saturated rings. The predicted octanol–water partition coefficient (Wildman–Crippen LogP) is 3.01. The van der Waals surface area contributed by atoms with Crippen LogP contribution in [0.5, 0.6) is 5.75 Å². The summed E-state index contributed by atoms with van der Waals surface area (Å²) in [4.78, 5) is 0. The lowest BCUT2D eigenvalue weighted by molar-refractivity contribution is 0.0988. The summed E-state index contributed by atoms with van der Waals surface area (Å²) in [7, 11) is 0. The van der Waals surface area contributed by atoms with Gasteiger partial charge in [0.15, 0.2) is 0 Å². The molecule has 2 rings (SSSR count). The Balaban J connectivity index is 1.70. The van der Waals surface area contributed by atoms with Gasteiger partial charge in [-0.3, -0.25) is 0 Å². The number of hydrogen-bond donors (Lipinski definition) is 1. The van der Waals surface area contributed by atoms with E-state index in [1.54, 1.807) is 0 Å². The van der Waals surface area contributed by atoms with E-state index in [1.807, 2.05) is 30.3 Å². The largest absolute Gasteiger partial charge is 0.493 e. The van der Waals surface area contributed by atoms with Gasteiger partial charge in [0.1, 0.15) is 5.75 Å². The summed E-state index contributed by atoms with van der Waals surface area (Å²) in [5, 5.41) is 10.1. The molecule has 0 aliphatic heterocycles. The molecule has 0 amide bonds. The zero-order valence-electron chi connectivity index (χ0n) is 9.86. The smallest absolute Gasteiger partial charge is 0.119 e. The van der Waals surface area contributed by atoms with Crippen molar-refractivity contribution >= 4 is 0 Å². The molecule has 1 aromatic rings. The Bertz CT molecular complexity index is 323. The lowest BCUT2D eigenvalue weighted by atomic mass is 10.1. The van der Waals surface area contributed by atoms with E-state index < -0.39 is 5.60 Å². The lowest BCUT2D eigenvalue weighted by Crippen LogP contribution is -2.15. The minimum absolute atomic E-state index is 0.426. The fraction of sp³-hybridized carbons (Fsp3) is 0.571. The number of hydrogen-bond acceptors (Lipinski definition) is 2. The Morgan fingerprint density at radius 3 is 2.81 bits per heavy atom. The average Bonchev–Trinajstić information content (AvgIpc) is 2.91. The molecular weight excluding hydrogens is 200 g/mol. The van der Waals surface area contributed by atoms with Crippen LogP contribution in [0.25, 0.3) is 0 Å². The van der Waals surface area contributed by atoms with E-state index in [-0.39, 0.29) is 0 Å². The molecule has 0 aromatic heterocycles. The van der Waals surface area contributed by atoms with Crippen LogP contribution in [0.3, 0.4) is 0 Å². The van der Waals surface area contributed by atoms with Gasteiger partial charge < -0.3 is 9.84 Å². The van der Waals surface area contributed by atoms with Crippen LogP contribution < -0.4 is 4.74 Å². The van der Waals surface area contributed by atoms with Crippen LogP contribution in [0, 0.1) is 5.92 Å². The third-order valence-corrected chi connectivity index (χ3v) is 3.38. The highest BCUT2D eigenvalue weighted by Crippen LogP contribution is 2.48. The summed E-state index contributed by atoms with van der Waals surface area (Å²) in [6.07, 6.45) is 4.01. The predicted molar refractivity (Wildman–Crippen MR) is 64.5 cm³/mol. The second-order valence-electron chi connectivity index (χ2n) is 4.70. The number of ether oxygens (including phenoxy) is 1. The molecule has 16 heavy (non-hydrogen) atoms. The summed E-state index contributed by atoms with van der Waals surface area (Å²) < 4.78 is 5.59. The molecule has 1 N–H and O–H groups in total. The van der Waals surface area contributed by atoms with Gasteiger partial charge in [0.25, 0.3) is 0 Å². The Labute approximate surface area is 97.3 Å². The Kier molecular flexibility index (Phi) is 3.49. The van der Waals surface area contributed by atoms with Crippen molar-refractivity contribution in [1.29, 1.82) is 0 Å². The van der Waals surface area contributed by atoms with Gasteiger partial charge in [-0.15, -0.1) is 0 Å². The second-order valence-corrected chi connectivity index (χ2v) is 4.70. The highest BCUT2D eigenvalue weighted by atomic mass is 16.5. The van der Waals surface area contributed by atoms with Crippen molar-refractivity contribution < 1.29 is 9.84 Å². The van der Waals surface area contributed by atoms with Crippen molar-refractivity contribution in [3.05, 3.63) is 30.3 Å². The van der Waals surface area contributed by atoms with Crippen molar-refractivity contribution in [3.8, 4) is 5.75 Å². The quantitative estimate of drug-likeness (QED) is 0.798. The summed E-state index contributed by atoms with van der Waals surface area (Å²) in [5.74, 6) is 1.40. The van der Waals surface area contributed by atoms with Crippen molar-refractivity contribution in [3.63, 3.8) is 0 Å².